The Kier molecular flexibility index (Phi) is 49.0. The summed E-state index contributed by atoms with van der Waals surface area (Å²) in [5.74, 6) is -0.296. The zero-order valence-corrected chi connectivity index (χ0v) is 56.4. The zero-order chi connectivity index (χ0) is 67.5. The molecule has 12 N–H and O–H groups in total. The summed E-state index contributed by atoms with van der Waals surface area (Å²) in [5, 5.41) is 120. The molecular formula is C74H125NO18. The molecule has 19 nitrogen and oxygen atoms in total. The molecule has 3 aliphatic heterocycles. The number of amides is 1. The van der Waals surface area contributed by atoms with E-state index in [1.807, 2.05) is 6.08 Å². The fourth-order valence-electron chi connectivity index (χ4n) is 11.3. The number of hydrogen-bond donors (Lipinski definition) is 12. The summed E-state index contributed by atoms with van der Waals surface area (Å²) < 4.78 is 34.3. The van der Waals surface area contributed by atoms with Crippen LogP contribution in [0.5, 0.6) is 0 Å². The predicted molar refractivity (Wildman–Crippen MR) is 364 cm³/mol. The molecule has 19 heteroatoms. The molecule has 3 aliphatic rings. The van der Waals surface area contributed by atoms with Crippen LogP contribution in [0.15, 0.2) is 109 Å². The van der Waals surface area contributed by atoms with Gasteiger partial charge >= 0.3 is 0 Å². The van der Waals surface area contributed by atoms with Crippen LogP contribution in [-0.2, 0) is 33.2 Å². The van der Waals surface area contributed by atoms with Gasteiger partial charge in [-0.05, 0) is 96.3 Å². The van der Waals surface area contributed by atoms with Crippen LogP contribution in [0.25, 0.3) is 0 Å². The molecule has 17 unspecified atom stereocenters. The molecule has 0 aromatic carbocycles. The van der Waals surface area contributed by atoms with Crippen molar-refractivity contribution in [2.45, 2.75) is 324 Å². The third-order valence-corrected chi connectivity index (χ3v) is 17.0. The normalized spacial score (nSPS) is 28.2. The Morgan fingerprint density at radius 3 is 1.20 bits per heavy atom. The smallest absolute Gasteiger partial charge is 0.220 e. The Morgan fingerprint density at radius 2 is 0.753 bits per heavy atom. The number of ether oxygens (including phenoxy) is 6. The number of nitrogens with one attached hydrogen (secondary N) is 1. The van der Waals surface area contributed by atoms with Gasteiger partial charge in [-0.15, -0.1) is 0 Å². The molecule has 0 aromatic rings. The van der Waals surface area contributed by atoms with E-state index >= 15 is 0 Å². The first-order chi connectivity index (χ1) is 45.3. The van der Waals surface area contributed by atoms with Gasteiger partial charge in [0, 0.05) is 6.42 Å². The number of carbonyl (C=O) groups is 1. The molecule has 0 aromatic heterocycles. The van der Waals surface area contributed by atoms with Crippen molar-refractivity contribution in [3.8, 4) is 0 Å². The Morgan fingerprint density at radius 1 is 0.398 bits per heavy atom. The highest BCUT2D eigenvalue weighted by molar-refractivity contribution is 5.76. The fraction of sp³-hybridized carbons (Fsp3) is 0.743. The molecule has 0 radical (unpaired) electrons. The van der Waals surface area contributed by atoms with Crippen LogP contribution < -0.4 is 5.32 Å². The minimum absolute atomic E-state index is 0.223. The summed E-state index contributed by atoms with van der Waals surface area (Å²) in [5.41, 5.74) is 0. The Labute approximate surface area is 557 Å². The van der Waals surface area contributed by atoms with Crippen molar-refractivity contribution in [1.82, 2.24) is 5.32 Å². The van der Waals surface area contributed by atoms with Crippen molar-refractivity contribution in [2.24, 2.45) is 0 Å². The van der Waals surface area contributed by atoms with Gasteiger partial charge in [0.25, 0.3) is 0 Å². The maximum absolute atomic E-state index is 13.4. The van der Waals surface area contributed by atoms with Crippen LogP contribution >= 0.6 is 0 Å². The third-order valence-electron chi connectivity index (χ3n) is 17.0. The molecular weight excluding hydrogens is 1190 g/mol. The van der Waals surface area contributed by atoms with Crippen molar-refractivity contribution in [3.63, 3.8) is 0 Å². The summed E-state index contributed by atoms with van der Waals surface area (Å²) in [6.45, 7) is 1.57. The lowest BCUT2D eigenvalue weighted by molar-refractivity contribution is -0.379. The monoisotopic (exact) mass is 1320 g/mol. The Hall–Kier alpha value is -3.55. The van der Waals surface area contributed by atoms with Gasteiger partial charge in [0.15, 0.2) is 18.9 Å². The van der Waals surface area contributed by atoms with Gasteiger partial charge < -0.3 is 89.9 Å². The van der Waals surface area contributed by atoms with Crippen LogP contribution in [0.3, 0.4) is 0 Å². The van der Waals surface area contributed by atoms with Gasteiger partial charge in [-0.25, -0.2) is 0 Å². The molecule has 3 rings (SSSR count). The van der Waals surface area contributed by atoms with Crippen LogP contribution in [0.2, 0.25) is 0 Å². The summed E-state index contributed by atoms with van der Waals surface area (Å²) >= 11 is 0. The van der Waals surface area contributed by atoms with E-state index in [9.17, 15) is 61.0 Å². The van der Waals surface area contributed by atoms with E-state index in [-0.39, 0.29) is 18.9 Å². The highest BCUT2D eigenvalue weighted by atomic mass is 16.8. The van der Waals surface area contributed by atoms with E-state index in [0.717, 1.165) is 96.3 Å². The third kappa shape index (κ3) is 36.0. The lowest BCUT2D eigenvalue weighted by Gasteiger charge is -2.48. The first kappa shape index (κ1) is 83.7. The number of aliphatic hydroxyl groups excluding tert-OH is 11. The molecule has 3 heterocycles. The number of allylic oxidation sites excluding steroid dienone is 17. The molecule has 0 saturated carbocycles. The second-order valence-corrected chi connectivity index (χ2v) is 24.9. The standard InChI is InChI=1S/C74H125NO18/c1-3-5-7-9-11-13-15-17-19-21-22-23-24-25-26-27-28-29-30-31-32-33-34-36-38-40-42-44-46-48-50-52-62(80)75-57(58(79)51-49-47-45-43-41-39-37-35-20-18-16-14-12-10-8-6-4-2)56-88-72-68(86)65(83)70(60(54-77)90-72)93-74-69(87)66(84)71(61(55-78)91-74)92-73-67(85)64(82)63(81)59(53-76)89-73/h5,7,11,13,17,19-20,22-23,25-26,28-29,35,41,43,49,51,57-61,63-74,76-79,81-87H,3-4,6,8-10,12,14-16,18,21,24,27,30-34,36-40,42,44-48,50,52-56H2,1-2H3,(H,75,80)/b7-5-,13-11-,19-17-,23-22-,26-25-,29-28-,35-20+,43-41+,51-49+. The highest BCUT2D eigenvalue weighted by Crippen LogP contribution is 2.33. The van der Waals surface area contributed by atoms with E-state index in [0.29, 0.717) is 12.8 Å². The minimum atomic E-state index is -1.99. The number of rotatable bonds is 53. The second-order valence-electron chi connectivity index (χ2n) is 24.9. The van der Waals surface area contributed by atoms with Gasteiger partial charge in [0.1, 0.15) is 73.2 Å². The largest absolute Gasteiger partial charge is 0.394 e. The molecule has 3 fully saturated rings. The van der Waals surface area contributed by atoms with Crippen LogP contribution in [-0.4, -0.2) is 193 Å². The quantitative estimate of drug-likeness (QED) is 0.0199. The van der Waals surface area contributed by atoms with Crippen molar-refractivity contribution in [2.75, 3.05) is 26.4 Å². The van der Waals surface area contributed by atoms with E-state index < -0.39 is 124 Å². The summed E-state index contributed by atoms with van der Waals surface area (Å²) in [7, 11) is 0. The van der Waals surface area contributed by atoms with Crippen LogP contribution in [0.1, 0.15) is 219 Å². The number of carbonyl (C=O) groups excluding carboxylic acids is 1. The van der Waals surface area contributed by atoms with Crippen LogP contribution in [0, 0.1) is 0 Å². The Balaban J connectivity index is 1.41. The predicted octanol–water partition coefficient (Wildman–Crippen LogP) is 9.83. The SMILES string of the molecule is CC/C=C\C/C=C\C/C=C\C/C=C\C/C=C\C/C=C\CCCCCCCCCCCCCCC(=O)NC(COC1OC(CO)C(OC2OC(CO)C(OC3OC(CO)C(O)C(O)C3O)C(O)C2O)C(O)C1O)C(O)/C=C/CC/C=C/CC/C=C/CCCCCCCCC. The van der Waals surface area contributed by atoms with Gasteiger partial charge in [0.2, 0.25) is 5.91 Å². The van der Waals surface area contributed by atoms with E-state index in [1.165, 1.54) is 89.9 Å². The molecule has 0 bridgehead atoms. The maximum atomic E-state index is 13.4. The highest BCUT2D eigenvalue weighted by Gasteiger charge is 2.53. The van der Waals surface area contributed by atoms with Crippen molar-refractivity contribution in [3.05, 3.63) is 109 Å². The average Bonchev–Trinajstić information content (AvgIpc) is 0.900. The average molecular weight is 1320 g/mol. The van der Waals surface area contributed by atoms with Gasteiger partial charge in [-0.1, -0.05) is 226 Å². The van der Waals surface area contributed by atoms with E-state index in [1.54, 1.807) is 6.08 Å². The zero-order valence-electron chi connectivity index (χ0n) is 56.4. The summed E-state index contributed by atoms with van der Waals surface area (Å²) in [6.07, 6.45) is 46.3. The lowest BCUT2D eigenvalue weighted by Crippen LogP contribution is -2.66. The molecule has 0 aliphatic carbocycles. The second kappa shape index (κ2) is 54.5. The first-order valence-electron chi connectivity index (χ1n) is 35.6. The molecule has 1 amide bonds. The van der Waals surface area contributed by atoms with Gasteiger partial charge in [-0.2, -0.15) is 0 Å². The maximum Gasteiger partial charge on any atom is 0.220 e. The number of unbranched alkanes of at least 4 members (excludes halogenated alkanes) is 21. The molecule has 0 spiro atoms. The van der Waals surface area contributed by atoms with E-state index in [4.69, 9.17) is 28.4 Å². The molecule has 534 valence electrons. The number of hydrogen-bond acceptors (Lipinski definition) is 18. The van der Waals surface area contributed by atoms with Crippen molar-refractivity contribution >= 4 is 5.91 Å². The lowest BCUT2D eigenvalue weighted by atomic mass is 9.96. The van der Waals surface area contributed by atoms with Crippen LogP contribution in [0.4, 0.5) is 0 Å². The topological polar surface area (TPSA) is 307 Å². The van der Waals surface area contributed by atoms with Crippen molar-refractivity contribution in [1.29, 1.82) is 0 Å². The fourth-order valence-corrected chi connectivity index (χ4v) is 11.3. The first-order valence-corrected chi connectivity index (χ1v) is 35.6. The van der Waals surface area contributed by atoms with Crippen molar-refractivity contribution < 1.29 is 89.4 Å². The molecule has 93 heavy (non-hydrogen) atoms. The minimum Gasteiger partial charge on any atom is -0.394 e. The summed E-state index contributed by atoms with van der Waals surface area (Å²) in [6, 6.07) is -1.00. The summed E-state index contributed by atoms with van der Waals surface area (Å²) in [4.78, 5) is 13.4. The van der Waals surface area contributed by atoms with Gasteiger partial charge in [0.05, 0.1) is 38.6 Å². The molecule has 3 saturated heterocycles. The van der Waals surface area contributed by atoms with E-state index in [2.05, 4.69) is 116 Å². The number of aliphatic hydroxyl groups is 11. The molecule has 17 atom stereocenters. The van der Waals surface area contributed by atoms with Gasteiger partial charge in [-0.3, -0.25) is 4.79 Å². The Bertz CT molecular complexity index is 2110.